The Hall–Kier alpha value is -5.51. The number of urea groups is 1. The summed E-state index contributed by atoms with van der Waals surface area (Å²) in [5.41, 5.74) is 7.38. The fourth-order valence-corrected chi connectivity index (χ4v) is 6.72. The molecule has 4 N–H and O–H groups in total. The number of aliphatic hydroxyl groups is 2. The van der Waals surface area contributed by atoms with Gasteiger partial charge in [-0.3, -0.25) is 10.2 Å². The van der Waals surface area contributed by atoms with Crippen LogP contribution in [0.2, 0.25) is 0 Å². The molecule has 0 saturated carbocycles. The number of hydrogen-bond acceptors (Lipinski definition) is 5. The van der Waals surface area contributed by atoms with Gasteiger partial charge in [-0.2, -0.15) is 10.2 Å². The van der Waals surface area contributed by atoms with Gasteiger partial charge in [0.05, 0.1) is 23.5 Å². The zero-order valence-corrected chi connectivity index (χ0v) is 26.4. The van der Waals surface area contributed by atoms with Gasteiger partial charge in [0.2, 0.25) is 0 Å². The van der Waals surface area contributed by atoms with Crippen LogP contribution in [-0.4, -0.2) is 70.7 Å². The third-order valence-corrected chi connectivity index (χ3v) is 9.19. The van der Waals surface area contributed by atoms with E-state index in [9.17, 15) is 10.2 Å². The smallest absolute Gasteiger partial charge is 0.321 e. The van der Waals surface area contributed by atoms with Crippen LogP contribution in [0.4, 0.5) is 4.79 Å². The predicted octanol–water partition coefficient (Wildman–Crippen LogP) is 5.85. The number of amides is 2. The van der Waals surface area contributed by atoms with Gasteiger partial charge in [-0.05, 0) is 70.5 Å². The van der Waals surface area contributed by atoms with Gasteiger partial charge in [0.25, 0.3) is 0 Å². The molecule has 0 radical (unpaired) electrons. The number of benzene rings is 4. The molecule has 1 aliphatic heterocycles. The number of aromatic nitrogens is 4. The molecule has 0 bridgehead atoms. The minimum absolute atomic E-state index is 0.241. The highest BCUT2D eigenvalue weighted by atomic mass is 16.3. The summed E-state index contributed by atoms with van der Waals surface area (Å²) in [5, 5.41) is 38.3. The highest BCUT2D eigenvalue weighted by molar-refractivity contribution is 5.76. The molecule has 0 aliphatic carbocycles. The van der Waals surface area contributed by atoms with Crippen molar-refractivity contribution in [3.8, 4) is 22.5 Å². The molecule has 9 heteroatoms. The maximum absolute atomic E-state index is 15.1. The number of aromatic amines is 2. The van der Waals surface area contributed by atoms with Crippen LogP contribution in [0.1, 0.15) is 22.3 Å². The second-order valence-electron chi connectivity index (χ2n) is 12.4. The molecular formula is C39H38N6O3. The van der Waals surface area contributed by atoms with Gasteiger partial charge >= 0.3 is 6.03 Å². The summed E-state index contributed by atoms with van der Waals surface area (Å²) in [6.45, 7) is 0.482. The van der Waals surface area contributed by atoms with E-state index in [0.29, 0.717) is 12.8 Å². The number of hydrogen-bond donors (Lipinski definition) is 4. The van der Waals surface area contributed by atoms with Crippen molar-refractivity contribution in [2.24, 2.45) is 0 Å². The number of nitrogens with zero attached hydrogens (tertiary/aromatic N) is 4. The van der Waals surface area contributed by atoms with Crippen molar-refractivity contribution in [2.45, 2.75) is 50.2 Å². The molecule has 1 fully saturated rings. The summed E-state index contributed by atoms with van der Waals surface area (Å²) in [7, 11) is 0. The van der Waals surface area contributed by atoms with Crippen LogP contribution in [0.3, 0.4) is 0 Å². The third-order valence-electron chi connectivity index (χ3n) is 9.19. The Kier molecular flexibility index (Phi) is 9.13. The second kappa shape index (κ2) is 14.1. The van der Waals surface area contributed by atoms with Crippen LogP contribution in [-0.2, 0) is 25.9 Å². The Bertz CT molecular complexity index is 1780. The van der Waals surface area contributed by atoms with Crippen molar-refractivity contribution in [3.63, 3.8) is 0 Å². The lowest BCUT2D eigenvalue weighted by molar-refractivity contribution is -0.0408. The number of carbonyl (C=O) groups is 1. The largest absolute Gasteiger partial charge is 0.388 e. The SMILES string of the molecule is O=C1N(Cc2cccc(-c3ccn[nH]3)c2)[C@H](Cc2ccccc2)[C@H](O)[C@@H](O)[C@@H](Cc2ccccc2)N1Cc1cccc(-c2ccn[nH]2)c1. The van der Waals surface area contributed by atoms with Crippen LogP contribution in [0.25, 0.3) is 22.5 Å². The first kappa shape index (κ1) is 31.1. The van der Waals surface area contributed by atoms with Gasteiger partial charge in [0.1, 0.15) is 12.2 Å². The van der Waals surface area contributed by atoms with Crippen molar-refractivity contribution in [2.75, 3.05) is 0 Å². The minimum atomic E-state index is -1.21. The van der Waals surface area contributed by atoms with Crippen LogP contribution >= 0.6 is 0 Å². The third kappa shape index (κ3) is 6.78. The lowest BCUT2D eigenvalue weighted by Crippen LogP contribution is -2.50. The molecule has 1 saturated heterocycles. The maximum Gasteiger partial charge on any atom is 0.321 e. The van der Waals surface area contributed by atoms with Crippen molar-refractivity contribution in [1.82, 2.24) is 30.2 Å². The Labute approximate surface area is 279 Å². The molecule has 4 atom stereocenters. The molecule has 4 aromatic carbocycles. The minimum Gasteiger partial charge on any atom is -0.388 e. The predicted molar refractivity (Wildman–Crippen MR) is 184 cm³/mol. The molecule has 48 heavy (non-hydrogen) atoms. The summed E-state index contributed by atoms with van der Waals surface area (Å²) >= 11 is 0. The molecular weight excluding hydrogens is 600 g/mol. The van der Waals surface area contributed by atoms with Crippen LogP contribution in [0, 0.1) is 0 Å². The monoisotopic (exact) mass is 638 g/mol. The van der Waals surface area contributed by atoms with E-state index in [1.54, 1.807) is 22.2 Å². The van der Waals surface area contributed by atoms with E-state index in [0.717, 1.165) is 44.8 Å². The van der Waals surface area contributed by atoms with Gasteiger partial charge in [-0.1, -0.05) is 97.1 Å². The van der Waals surface area contributed by atoms with E-state index in [2.05, 4.69) is 20.4 Å². The summed E-state index contributed by atoms with van der Waals surface area (Å²) in [6.07, 6.45) is 1.76. The van der Waals surface area contributed by atoms with Crippen molar-refractivity contribution in [3.05, 3.63) is 156 Å². The van der Waals surface area contributed by atoms with Gasteiger partial charge < -0.3 is 20.0 Å². The number of nitrogens with one attached hydrogen (secondary N) is 2. The zero-order chi connectivity index (χ0) is 32.9. The second-order valence-corrected chi connectivity index (χ2v) is 12.4. The van der Waals surface area contributed by atoms with Crippen LogP contribution in [0.5, 0.6) is 0 Å². The molecule has 2 amide bonds. The lowest BCUT2D eigenvalue weighted by Gasteiger charge is -2.36. The molecule has 6 aromatic rings. The number of aliphatic hydroxyl groups excluding tert-OH is 2. The van der Waals surface area contributed by atoms with Crippen molar-refractivity contribution in [1.29, 1.82) is 0 Å². The summed E-state index contributed by atoms with van der Waals surface area (Å²) < 4.78 is 0. The number of H-pyrrole nitrogens is 2. The molecule has 9 nitrogen and oxygen atoms in total. The molecule has 3 heterocycles. The molecule has 1 aliphatic rings. The quantitative estimate of drug-likeness (QED) is 0.150. The Morgan fingerprint density at radius 1 is 0.542 bits per heavy atom. The number of rotatable bonds is 10. The topological polar surface area (TPSA) is 121 Å². The Morgan fingerprint density at radius 2 is 0.958 bits per heavy atom. The van der Waals surface area contributed by atoms with E-state index in [-0.39, 0.29) is 19.1 Å². The first-order valence-corrected chi connectivity index (χ1v) is 16.2. The first-order chi connectivity index (χ1) is 23.5. The van der Waals surface area contributed by atoms with Crippen LogP contribution < -0.4 is 0 Å². The standard InChI is InChI=1S/C39H38N6O3/c46-37-35(23-27-9-3-1-4-10-27)44(25-29-13-7-15-31(21-29)33-17-19-40-42-33)39(48)45(36(38(37)47)24-28-11-5-2-6-12-28)26-30-14-8-16-32(22-30)34-18-20-41-43-34/h1-22,35-38,46-47H,23-26H2,(H,40,42)(H,41,43)/t35-,36-,37+,38+/m1/s1. The van der Waals surface area contributed by atoms with Gasteiger partial charge in [-0.15, -0.1) is 0 Å². The fourth-order valence-electron chi connectivity index (χ4n) is 6.72. The van der Waals surface area contributed by atoms with E-state index >= 15 is 4.79 Å². The van der Waals surface area contributed by atoms with Crippen molar-refractivity contribution < 1.29 is 15.0 Å². The highest BCUT2D eigenvalue weighted by Gasteiger charge is 2.46. The maximum atomic E-state index is 15.1. The van der Waals surface area contributed by atoms with Gasteiger partial charge in [0, 0.05) is 25.5 Å². The molecule has 242 valence electrons. The number of carbonyl (C=O) groups excluding carboxylic acids is 1. The average Bonchev–Trinajstić information content (AvgIpc) is 3.87. The van der Waals surface area contributed by atoms with E-state index in [4.69, 9.17) is 0 Å². The summed E-state index contributed by atoms with van der Waals surface area (Å²) in [6, 6.07) is 37.8. The Morgan fingerprint density at radius 3 is 1.35 bits per heavy atom. The first-order valence-electron chi connectivity index (χ1n) is 16.2. The molecule has 7 rings (SSSR count). The normalized spacial score (nSPS) is 19.8. The summed E-state index contributed by atoms with van der Waals surface area (Å²) in [5.74, 6) is 0. The van der Waals surface area contributed by atoms with Crippen molar-refractivity contribution >= 4 is 6.03 Å². The fraction of sp³-hybridized carbons (Fsp3) is 0.205. The summed E-state index contributed by atoms with van der Waals surface area (Å²) in [4.78, 5) is 18.6. The van der Waals surface area contributed by atoms with Gasteiger partial charge in [0.15, 0.2) is 0 Å². The zero-order valence-electron chi connectivity index (χ0n) is 26.4. The highest BCUT2D eigenvalue weighted by Crippen LogP contribution is 2.31. The molecule has 0 unspecified atom stereocenters. The molecule has 2 aromatic heterocycles. The molecule has 0 spiro atoms. The lowest BCUT2D eigenvalue weighted by atomic mass is 9.90. The average molecular weight is 639 g/mol. The van der Waals surface area contributed by atoms with Gasteiger partial charge in [-0.25, -0.2) is 4.79 Å². The van der Waals surface area contributed by atoms with E-state index in [1.165, 1.54) is 0 Å². The van der Waals surface area contributed by atoms with E-state index < -0.39 is 24.3 Å². The van der Waals surface area contributed by atoms with Crippen LogP contribution in [0.15, 0.2) is 134 Å². The Balaban J connectivity index is 1.30. The van der Waals surface area contributed by atoms with E-state index in [1.807, 2.05) is 121 Å².